The maximum atomic E-state index is 12.4. The van der Waals surface area contributed by atoms with Gasteiger partial charge in [0.2, 0.25) is 23.6 Å². The number of halogens is 1. The minimum Gasteiger partial charge on any atom is -0.481 e. The zero-order chi connectivity index (χ0) is 41.7. The molecule has 0 aromatic heterocycles. The van der Waals surface area contributed by atoms with Crippen molar-refractivity contribution in [3.8, 4) is 0 Å². The van der Waals surface area contributed by atoms with Crippen LogP contribution in [0.2, 0.25) is 0 Å². The molecular weight excluding hydrogens is 741 g/mol. The van der Waals surface area contributed by atoms with Crippen LogP contribution < -0.4 is 27.0 Å². The van der Waals surface area contributed by atoms with E-state index in [9.17, 15) is 43.1 Å². The smallest absolute Gasteiger partial charge is 0.326 e. The van der Waals surface area contributed by atoms with Gasteiger partial charge in [-0.1, -0.05) is 51.4 Å². The van der Waals surface area contributed by atoms with Crippen LogP contribution in [0.15, 0.2) is 0 Å². The van der Waals surface area contributed by atoms with Gasteiger partial charge in [-0.15, -0.1) is 0 Å². The fourth-order valence-corrected chi connectivity index (χ4v) is 5.09. The van der Waals surface area contributed by atoms with Gasteiger partial charge < -0.3 is 56.2 Å². The zero-order valence-electron chi connectivity index (χ0n) is 32.8. The first-order valence-electron chi connectivity index (χ1n) is 19.7. The highest BCUT2D eigenvalue weighted by molar-refractivity contribution is 5.84. The molecule has 324 valence electrons. The fraction of sp³-hybridized carbons (Fsp3) is 0.811. The maximum absolute atomic E-state index is 12.4. The molecule has 18 nitrogen and oxygen atoms in total. The Morgan fingerprint density at radius 1 is 0.500 bits per heavy atom. The lowest BCUT2D eigenvalue weighted by Gasteiger charge is -2.14. The molecule has 0 spiro atoms. The number of carbonyl (C=O) groups excluding carboxylic acids is 5. The van der Waals surface area contributed by atoms with E-state index in [1.165, 1.54) is 0 Å². The summed E-state index contributed by atoms with van der Waals surface area (Å²) in [6.07, 6.45) is 11.2. The number of nitrogens with one attached hydrogen (secondary N) is 4. The van der Waals surface area contributed by atoms with Crippen molar-refractivity contribution in [1.82, 2.24) is 21.3 Å². The monoisotopic (exact) mass is 807 g/mol. The summed E-state index contributed by atoms with van der Waals surface area (Å²) in [6.45, 7) is 1.62. The zero-order valence-corrected chi connectivity index (χ0v) is 32.8. The van der Waals surface area contributed by atoms with Crippen LogP contribution in [0.1, 0.15) is 109 Å². The first-order valence-corrected chi connectivity index (χ1v) is 19.7. The SMILES string of the molecule is NC(CCCCNC(=O)COCCOCCNC(=O)COCCOCCNC(=O)CC[C@H](NC(=O)CCCCCCCCCCCCC(=O)O)C(=O)O)C(=O)F. The molecule has 0 saturated heterocycles. The lowest BCUT2D eigenvalue weighted by Crippen LogP contribution is -2.41. The number of ether oxygens (including phenoxy) is 4. The molecule has 0 bridgehead atoms. The molecule has 1 unspecified atom stereocenters. The van der Waals surface area contributed by atoms with Gasteiger partial charge in [0.15, 0.2) is 0 Å². The quantitative estimate of drug-likeness (QED) is 0.0342. The Balaban J connectivity index is 3.66. The fourth-order valence-electron chi connectivity index (χ4n) is 5.09. The van der Waals surface area contributed by atoms with Crippen molar-refractivity contribution in [1.29, 1.82) is 0 Å². The minimum absolute atomic E-state index is 0.0446. The van der Waals surface area contributed by atoms with E-state index in [-0.39, 0.29) is 122 Å². The van der Waals surface area contributed by atoms with E-state index >= 15 is 0 Å². The van der Waals surface area contributed by atoms with Gasteiger partial charge in [0.1, 0.15) is 19.3 Å². The third-order valence-corrected chi connectivity index (χ3v) is 8.24. The van der Waals surface area contributed by atoms with Gasteiger partial charge in [-0.25, -0.2) is 4.79 Å². The largest absolute Gasteiger partial charge is 0.481 e. The average molecular weight is 808 g/mol. The van der Waals surface area contributed by atoms with E-state index in [1.807, 2.05) is 0 Å². The normalized spacial score (nSPS) is 12.0. The molecule has 19 heteroatoms. The lowest BCUT2D eigenvalue weighted by molar-refractivity contribution is -0.142. The molecular formula is C37H66FN5O13. The van der Waals surface area contributed by atoms with Crippen LogP contribution >= 0.6 is 0 Å². The molecule has 0 heterocycles. The summed E-state index contributed by atoms with van der Waals surface area (Å²) in [4.78, 5) is 80.4. The second kappa shape index (κ2) is 36.8. The standard InChI is InChI=1S/C37H66FN5O13/c38-36(50)29(39)13-11-12-18-40-33(46)27-55-25-24-54-22-20-42-34(47)28-56-26-23-53-21-19-41-31(44)17-16-30(37(51)52)43-32(45)14-9-7-5-3-1-2-4-6-8-10-15-35(48)49/h29-30H,1-28,39H2,(H,40,46)(H,41,44)(H,42,47)(H,43,45)(H,48,49)(H,51,52)/t29?,30-/m0/s1. The summed E-state index contributed by atoms with van der Waals surface area (Å²) in [5.74, 6) is -3.34. The highest BCUT2D eigenvalue weighted by atomic mass is 19.1. The van der Waals surface area contributed by atoms with Gasteiger partial charge in [0.25, 0.3) is 0 Å². The third-order valence-electron chi connectivity index (χ3n) is 8.24. The Morgan fingerprint density at radius 3 is 1.46 bits per heavy atom. The number of hydrogen-bond acceptors (Lipinski definition) is 12. The summed E-state index contributed by atoms with van der Waals surface area (Å²) in [7, 11) is 0. The van der Waals surface area contributed by atoms with E-state index in [4.69, 9.17) is 29.8 Å². The molecule has 0 fully saturated rings. The van der Waals surface area contributed by atoms with Gasteiger partial charge in [-0.3, -0.25) is 28.8 Å². The van der Waals surface area contributed by atoms with E-state index in [1.54, 1.807) is 0 Å². The molecule has 0 rings (SSSR count). The summed E-state index contributed by atoms with van der Waals surface area (Å²) >= 11 is 0. The van der Waals surface area contributed by atoms with Crippen LogP contribution in [0, 0.1) is 0 Å². The van der Waals surface area contributed by atoms with Crippen molar-refractivity contribution in [3.63, 3.8) is 0 Å². The van der Waals surface area contributed by atoms with E-state index in [2.05, 4.69) is 21.3 Å². The van der Waals surface area contributed by atoms with Crippen molar-refractivity contribution in [2.75, 3.05) is 72.5 Å². The third kappa shape index (κ3) is 35.9. The van der Waals surface area contributed by atoms with Gasteiger partial charge in [0, 0.05) is 38.9 Å². The molecule has 0 radical (unpaired) electrons. The number of unbranched alkanes of at least 4 members (excludes halogenated alkanes) is 10. The lowest BCUT2D eigenvalue weighted by atomic mass is 10.0. The van der Waals surface area contributed by atoms with Gasteiger partial charge >= 0.3 is 18.0 Å². The van der Waals surface area contributed by atoms with Crippen molar-refractivity contribution >= 4 is 41.6 Å². The average Bonchev–Trinajstić information content (AvgIpc) is 3.15. The predicted octanol–water partition coefficient (Wildman–Crippen LogP) is 1.51. The first-order chi connectivity index (χ1) is 26.9. The van der Waals surface area contributed by atoms with Crippen molar-refractivity contribution in [2.45, 2.75) is 121 Å². The van der Waals surface area contributed by atoms with Crippen molar-refractivity contribution in [2.24, 2.45) is 5.73 Å². The number of rotatable bonds is 40. The molecule has 2 atom stereocenters. The number of carbonyl (C=O) groups is 7. The van der Waals surface area contributed by atoms with Crippen LogP contribution in [0.3, 0.4) is 0 Å². The molecule has 4 amide bonds. The molecule has 0 aromatic rings. The van der Waals surface area contributed by atoms with Gasteiger partial charge in [0.05, 0.1) is 45.7 Å². The topological polar surface area (TPSA) is 271 Å². The van der Waals surface area contributed by atoms with Crippen molar-refractivity contribution < 1.29 is 67.1 Å². The van der Waals surface area contributed by atoms with Crippen molar-refractivity contribution in [3.05, 3.63) is 0 Å². The molecule has 56 heavy (non-hydrogen) atoms. The number of aliphatic carboxylic acids is 2. The summed E-state index contributed by atoms with van der Waals surface area (Å²) in [6, 6.07) is -3.82. The molecule has 0 saturated carbocycles. The summed E-state index contributed by atoms with van der Waals surface area (Å²) < 4.78 is 33.5. The van der Waals surface area contributed by atoms with Crippen LogP contribution in [0.25, 0.3) is 0 Å². The van der Waals surface area contributed by atoms with Crippen LogP contribution in [0.4, 0.5) is 4.39 Å². The second-order valence-corrected chi connectivity index (χ2v) is 13.2. The first kappa shape index (κ1) is 52.2. The Morgan fingerprint density at radius 2 is 0.964 bits per heavy atom. The number of carboxylic acid groups (broad SMARTS) is 2. The highest BCUT2D eigenvalue weighted by Gasteiger charge is 2.21. The van der Waals surface area contributed by atoms with E-state index in [0.29, 0.717) is 25.8 Å². The van der Waals surface area contributed by atoms with Gasteiger partial charge in [-0.2, -0.15) is 4.39 Å². The van der Waals surface area contributed by atoms with Crippen LogP contribution in [0.5, 0.6) is 0 Å². The Labute approximate surface area is 329 Å². The molecule has 8 N–H and O–H groups in total. The minimum atomic E-state index is -1.55. The summed E-state index contributed by atoms with van der Waals surface area (Å²) in [5.41, 5.74) is 5.29. The number of amides is 4. The molecule has 0 aliphatic rings. The number of carboxylic acids is 2. The Bertz CT molecular complexity index is 1120. The predicted molar refractivity (Wildman–Crippen MR) is 202 cm³/mol. The van der Waals surface area contributed by atoms with E-state index < -0.39 is 30.1 Å². The molecule has 0 aliphatic heterocycles. The van der Waals surface area contributed by atoms with Crippen LogP contribution in [-0.2, 0) is 52.5 Å². The number of hydrogen-bond donors (Lipinski definition) is 7. The molecule has 0 aromatic carbocycles. The highest BCUT2D eigenvalue weighted by Crippen LogP contribution is 2.12. The van der Waals surface area contributed by atoms with Crippen LogP contribution in [-0.4, -0.2) is 136 Å². The summed E-state index contributed by atoms with van der Waals surface area (Å²) in [5, 5.41) is 28.5. The molecule has 0 aliphatic carbocycles. The Hall–Kier alpha value is -3.78. The second-order valence-electron chi connectivity index (χ2n) is 13.2. The number of nitrogens with two attached hydrogens (primary N) is 1. The van der Waals surface area contributed by atoms with Gasteiger partial charge in [-0.05, 0) is 38.5 Å². The Kier molecular flexibility index (Phi) is 34.3. The maximum Gasteiger partial charge on any atom is 0.326 e. The van der Waals surface area contributed by atoms with E-state index in [0.717, 1.165) is 57.8 Å².